The maximum atomic E-state index is 12.8. The molecule has 33 heavy (non-hydrogen) atoms. The van der Waals surface area contributed by atoms with Crippen LogP contribution in [0.15, 0.2) is 71.6 Å². The quantitative estimate of drug-likeness (QED) is 0.517. The van der Waals surface area contributed by atoms with Gasteiger partial charge in [-0.25, -0.2) is 8.42 Å². The van der Waals surface area contributed by atoms with Crippen LogP contribution in [0.25, 0.3) is 0 Å². The number of hydrogen-bond donors (Lipinski definition) is 2. The molecule has 7 heteroatoms. The second-order valence-corrected chi connectivity index (χ2v) is 10.2. The molecule has 1 aliphatic rings. The number of benzene rings is 3. The van der Waals surface area contributed by atoms with Gasteiger partial charge in [0, 0.05) is 30.0 Å². The summed E-state index contributed by atoms with van der Waals surface area (Å²) in [5.74, 6) is -0.232. The molecule has 2 N–H and O–H groups in total. The van der Waals surface area contributed by atoms with Gasteiger partial charge in [-0.1, -0.05) is 12.1 Å². The van der Waals surface area contributed by atoms with Gasteiger partial charge in [-0.3, -0.25) is 9.52 Å². The first-order chi connectivity index (χ1) is 15.8. The summed E-state index contributed by atoms with van der Waals surface area (Å²) in [6, 6.07) is 19.4. The zero-order valence-electron chi connectivity index (χ0n) is 19.0. The van der Waals surface area contributed by atoms with Gasteiger partial charge in [0.25, 0.3) is 15.9 Å². The molecule has 1 saturated heterocycles. The first-order valence-electron chi connectivity index (χ1n) is 11.2. The lowest BCUT2D eigenvalue weighted by Gasteiger charge is -2.28. The van der Waals surface area contributed by atoms with Gasteiger partial charge in [-0.2, -0.15) is 0 Å². The van der Waals surface area contributed by atoms with E-state index in [0.29, 0.717) is 16.9 Å². The summed E-state index contributed by atoms with van der Waals surface area (Å²) in [6.07, 6.45) is 3.68. The van der Waals surface area contributed by atoms with E-state index in [2.05, 4.69) is 14.9 Å². The number of anilines is 3. The lowest BCUT2D eigenvalue weighted by atomic mass is 10.1. The number of amides is 1. The molecule has 3 aromatic carbocycles. The van der Waals surface area contributed by atoms with Crippen LogP contribution in [0, 0.1) is 13.8 Å². The second-order valence-electron chi connectivity index (χ2n) is 8.50. The van der Waals surface area contributed by atoms with Crippen molar-refractivity contribution in [3.8, 4) is 0 Å². The lowest BCUT2D eigenvalue weighted by molar-refractivity contribution is 0.102. The number of piperidine rings is 1. The Morgan fingerprint density at radius 1 is 0.848 bits per heavy atom. The number of carbonyl (C=O) groups excluding carboxylic acids is 1. The molecule has 0 radical (unpaired) electrons. The van der Waals surface area contributed by atoms with E-state index in [1.165, 1.54) is 31.4 Å². The number of sulfonamides is 1. The molecule has 0 aromatic heterocycles. The highest BCUT2D eigenvalue weighted by Gasteiger charge is 2.16. The Labute approximate surface area is 195 Å². The van der Waals surface area contributed by atoms with Crippen LogP contribution in [0.2, 0.25) is 0 Å². The van der Waals surface area contributed by atoms with Crippen LogP contribution < -0.4 is 14.9 Å². The Bertz CT molecular complexity index is 1230. The molecule has 1 amide bonds. The third-order valence-electron chi connectivity index (χ3n) is 5.91. The summed E-state index contributed by atoms with van der Waals surface area (Å²) in [4.78, 5) is 15.1. The Morgan fingerprint density at radius 2 is 1.52 bits per heavy atom. The van der Waals surface area contributed by atoms with E-state index in [1.807, 2.05) is 50.2 Å². The molecule has 1 fully saturated rings. The average molecular weight is 464 g/mol. The monoisotopic (exact) mass is 463 g/mol. The molecule has 3 aromatic rings. The molecule has 1 heterocycles. The topological polar surface area (TPSA) is 78.5 Å². The number of aryl methyl sites for hydroxylation is 2. The van der Waals surface area contributed by atoms with Crippen LogP contribution in [0.3, 0.4) is 0 Å². The van der Waals surface area contributed by atoms with E-state index in [4.69, 9.17) is 0 Å². The van der Waals surface area contributed by atoms with Gasteiger partial charge in [-0.05, 0) is 98.8 Å². The van der Waals surface area contributed by atoms with Gasteiger partial charge in [0.1, 0.15) is 0 Å². The summed E-state index contributed by atoms with van der Waals surface area (Å²) < 4.78 is 28.2. The Balaban J connectivity index is 1.41. The average Bonchev–Trinajstić information content (AvgIpc) is 2.82. The molecule has 1 aliphatic heterocycles. The predicted octanol–water partition coefficient (Wildman–Crippen LogP) is 5.35. The smallest absolute Gasteiger partial charge is 0.261 e. The van der Waals surface area contributed by atoms with Crippen LogP contribution >= 0.6 is 0 Å². The highest BCUT2D eigenvalue weighted by Crippen LogP contribution is 2.23. The fraction of sp³-hybridized carbons (Fsp3) is 0.269. The van der Waals surface area contributed by atoms with Crippen molar-refractivity contribution in [3.63, 3.8) is 0 Å². The highest BCUT2D eigenvalue weighted by molar-refractivity contribution is 7.92. The lowest BCUT2D eigenvalue weighted by Crippen LogP contribution is -2.29. The van der Waals surface area contributed by atoms with Crippen molar-refractivity contribution in [2.24, 2.45) is 0 Å². The molecule has 0 atom stereocenters. The Hall–Kier alpha value is -3.32. The van der Waals surface area contributed by atoms with Gasteiger partial charge >= 0.3 is 0 Å². The van der Waals surface area contributed by atoms with Gasteiger partial charge in [0.15, 0.2) is 0 Å². The summed E-state index contributed by atoms with van der Waals surface area (Å²) in [5, 5.41) is 2.83. The number of hydrogen-bond acceptors (Lipinski definition) is 4. The van der Waals surface area contributed by atoms with E-state index in [0.717, 1.165) is 29.9 Å². The van der Waals surface area contributed by atoms with E-state index in [1.54, 1.807) is 18.2 Å². The summed E-state index contributed by atoms with van der Waals surface area (Å²) in [6.45, 7) is 5.88. The third-order valence-corrected chi connectivity index (χ3v) is 7.29. The summed E-state index contributed by atoms with van der Waals surface area (Å²) in [5.41, 5.74) is 4.60. The molecular formula is C26H29N3O3S. The standard InChI is InChI=1S/C26H29N3O3S/c1-19-6-7-20(2)25(18-19)28-33(31,32)24-14-10-22(11-15-24)27-26(30)21-8-12-23(13-9-21)29-16-4-3-5-17-29/h6-15,18,28H,3-5,16-17H2,1-2H3,(H,27,30). The number of rotatable bonds is 6. The first kappa shape index (κ1) is 22.9. The molecule has 4 rings (SSSR count). The van der Waals surface area contributed by atoms with Crippen molar-refractivity contribution in [3.05, 3.63) is 83.4 Å². The SMILES string of the molecule is Cc1ccc(C)c(NS(=O)(=O)c2ccc(NC(=O)c3ccc(N4CCCCC4)cc3)cc2)c1. The van der Waals surface area contributed by atoms with Crippen molar-refractivity contribution in [1.29, 1.82) is 0 Å². The van der Waals surface area contributed by atoms with Crippen LogP contribution in [0.1, 0.15) is 40.7 Å². The van der Waals surface area contributed by atoms with Gasteiger partial charge in [0.05, 0.1) is 10.6 Å². The summed E-state index contributed by atoms with van der Waals surface area (Å²) in [7, 11) is -3.73. The molecule has 0 saturated carbocycles. The van der Waals surface area contributed by atoms with Crippen LogP contribution in [0.5, 0.6) is 0 Å². The zero-order valence-corrected chi connectivity index (χ0v) is 19.8. The molecule has 6 nitrogen and oxygen atoms in total. The molecule has 0 unspecified atom stereocenters. The molecule has 0 spiro atoms. The highest BCUT2D eigenvalue weighted by atomic mass is 32.2. The minimum absolute atomic E-state index is 0.132. The Morgan fingerprint density at radius 3 is 2.18 bits per heavy atom. The number of carbonyl (C=O) groups is 1. The molecular weight excluding hydrogens is 434 g/mol. The van der Waals surface area contributed by atoms with Crippen molar-refractivity contribution in [2.45, 2.75) is 38.0 Å². The van der Waals surface area contributed by atoms with Gasteiger partial charge in [0.2, 0.25) is 0 Å². The maximum Gasteiger partial charge on any atom is 0.261 e. The third kappa shape index (κ3) is 5.54. The van der Waals surface area contributed by atoms with E-state index < -0.39 is 10.0 Å². The first-order valence-corrected chi connectivity index (χ1v) is 12.7. The van der Waals surface area contributed by atoms with Crippen LogP contribution in [-0.2, 0) is 10.0 Å². The van der Waals surface area contributed by atoms with E-state index >= 15 is 0 Å². The number of nitrogens with zero attached hydrogens (tertiary/aromatic N) is 1. The molecule has 0 bridgehead atoms. The zero-order chi connectivity index (χ0) is 23.4. The van der Waals surface area contributed by atoms with E-state index in [-0.39, 0.29) is 10.8 Å². The van der Waals surface area contributed by atoms with Crippen LogP contribution in [-0.4, -0.2) is 27.4 Å². The fourth-order valence-electron chi connectivity index (χ4n) is 3.95. The van der Waals surface area contributed by atoms with Crippen molar-refractivity contribution >= 4 is 33.0 Å². The van der Waals surface area contributed by atoms with Gasteiger partial charge in [-0.15, -0.1) is 0 Å². The maximum absolute atomic E-state index is 12.8. The summed E-state index contributed by atoms with van der Waals surface area (Å²) >= 11 is 0. The minimum atomic E-state index is -3.73. The van der Waals surface area contributed by atoms with E-state index in [9.17, 15) is 13.2 Å². The predicted molar refractivity (Wildman–Crippen MR) is 134 cm³/mol. The van der Waals surface area contributed by atoms with Crippen molar-refractivity contribution in [2.75, 3.05) is 28.0 Å². The van der Waals surface area contributed by atoms with Crippen molar-refractivity contribution in [1.82, 2.24) is 0 Å². The number of nitrogens with one attached hydrogen (secondary N) is 2. The second kappa shape index (κ2) is 9.67. The normalized spacial score (nSPS) is 14.1. The molecule has 172 valence electrons. The Kier molecular flexibility index (Phi) is 6.70. The molecule has 0 aliphatic carbocycles. The largest absolute Gasteiger partial charge is 0.372 e. The van der Waals surface area contributed by atoms with Gasteiger partial charge < -0.3 is 10.2 Å². The minimum Gasteiger partial charge on any atom is -0.372 e. The van der Waals surface area contributed by atoms with Crippen LogP contribution in [0.4, 0.5) is 17.1 Å². The fourth-order valence-corrected chi connectivity index (χ4v) is 5.07. The van der Waals surface area contributed by atoms with Crippen molar-refractivity contribution < 1.29 is 13.2 Å².